The van der Waals surface area contributed by atoms with E-state index in [2.05, 4.69) is 34.2 Å². The molecule has 0 unspecified atom stereocenters. The second kappa shape index (κ2) is 7.62. The van der Waals surface area contributed by atoms with Crippen LogP contribution in [0.2, 0.25) is 0 Å². The summed E-state index contributed by atoms with van der Waals surface area (Å²) >= 11 is 3.36. The highest BCUT2D eigenvalue weighted by molar-refractivity contribution is 9.10. The molecule has 0 amide bonds. The van der Waals surface area contributed by atoms with Gasteiger partial charge in [0, 0.05) is 10.0 Å². The third-order valence-corrected chi connectivity index (χ3v) is 3.04. The van der Waals surface area contributed by atoms with Crippen LogP contribution in [0.1, 0.15) is 32.3 Å². The first-order chi connectivity index (χ1) is 8.15. The molecule has 0 aromatic heterocycles. The first-order valence-electron chi connectivity index (χ1n) is 5.98. The Bertz CT molecular complexity index is 388. The minimum absolute atomic E-state index is 0.163. The summed E-state index contributed by atoms with van der Waals surface area (Å²) in [7, 11) is 0. The molecule has 0 saturated heterocycles. The number of rotatable bonds is 6. The number of allylic oxidation sites excluding steroid dienone is 1. The highest BCUT2D eigenvalue weighted by Gasteiger charge is 2.03. The van der Waals surface area contributed by atoms with Crippen LogP contribution in [0.15, 0.2) is 28.7 Å². The summed E-state index contributed by atoms with van der Waals surface area (Å²) in [6.07, 6.45) is 4.15. The average molecular weight is 300 g/mol. The largest absolute Gasteiger partial charge is 0.316 e. The predicted octanol–water partition coefficient (Wildman–Crippen LogP) is 4.38. The average Bonchev–Trinajstić information content (AvgIpc) is 2.32. The molecular formula is C14H19BrFN. The molecule has 0 bridgehead atoms. The van der Waals surface area contributed by atoms with Gasteiger partial charge in [-0.25, -0.2) is 4.39 Å². The Hall–Kier alpha value is -0.670. The summed E-state index contributed by atoms with van der Waals surface area (Å²) in [5, 5.41) is 3.32. The Morgan fingerprint density at radius 3 is 2.88 bits per heavy atom. The van der Waals surface area contributed by atoms with Crippen molar-refractivity contribution in [2.75, 3.05) is 13.1 Å². The molecule has 0 aliphatic heterocycles. The second-order valence-corrected chi connectivity index (χ2v) is 4.97. The summed E-state index contributed by atoms with van der Waals surface area (Å²) in [6.45, 7) is 6.08. The fourth-order valence-corrected chi connectivity index (χ4v) is 1.96. The maximum Gasteiger partial charge on any atom is 0.130 e. The minimum atomic E-state index is -0.163. The van der Waals surface area contributed by atoms with Crippen LogP contribution < -0.4 is 5.32 Å². The molecule has 1 aromatic carbocycles. The zero-order valence-electron chi connectivity index (χ0n) is 10.4. The topological polar surface area (TPSA) is 12.0 Å². The van der Waals surface area contributed by atoms with Gasteiger partial charge in [0.1, 0.15) is 5.82 Å². The number of hydrogen-bond acceptors (Lipinski definition) is 1. The Morgan fingerprint density at radius 1 is 1.41 bits per heavy atom. The van der Waals surface area contributed by atoms with E-state index < -0.39 is 0 Å². The van der Waals surface area contributed by atoms with Crippen molar-refractivity contribution in [1.29, 1.82) is 0 Å². The van der Waals surface area contributed by atoms with Crippen molar-refractivity contribution in [1.82, 2.24) is 5.32 Å². The van der Waals surface area contributed by atoms with E-state index in [1.54, 1.807) is 6.07 Å². The maximum atomic E-state index is 13.6. The van der Waals surface area contributed by atoms with Crippen LogP contribution in [0.5, 0.6) is 0 Å². The van der Waals surface area contributed by atoms with Crippen molar-refractivity contribution < 1.29 is 4.39 Å². The molecule has 0 radical (unpaired) electrons. The van der Waals surface area contributed by atoms with E-state index in [1.165, 1.54) is 6.07 Å². The third kappa shape index (κ3) is 5.00. The van der Waals surface area contributed by atoms with Gasteiger partial charge >= 0.3 is 0 Å². The molecule has 0 heterocycles. The molecule has 0 fully saturated rings. The molecule has 3 heteroatoms. The van der Waals surface area contributed by atoms with Crippen molar-refractivity contribution in [3.8, 4) is 0 Å². The molecule has 0 aliphatic carbocycles. The number of halogens is 2. The monoisotopic (exact) mass is 299 g/mol. The van der Waals surface area contributed by atoms with Crippen LogP contribution in [-0.4, -0.2) is 13.1 Å². The standard InChI is InChI=1S/C14H19BrFN/c1-3-8-17-9-4-5-11(2)13-10-12(15)6-7-14(13)16/h5-7,10,17H,3-4,8-9H2,1-2H3. The second-order valence-electron chi connectivity index (χ2n) is 4.05. The Morgan fingerprint density at radius 2 is 2.18 bits per heavy atom. The number of nitrogens with one attached hydrogen (secondary N) is 1. The molecule has 0 atom stereocenters. The van der Waals surface area contributed by atoms with Gasteiger partial charge in [0.15, 0.2) is 0 Å². The molecule has 0 aliphatic rings. The van der Waals surface area contributed by atoms with Gasteiger partial charge in [-0.3, -0.25) is 0 Å². The summed E-state index contributed by atoms with van der Waals surface area (Å²) in [4.78, 5) is 0. The molecule has 94 valence electrons. The molecule has 0 spiro atoms. The van der Waals surface area contributed by atoms with Crippen molar-refractivity contribution in [3.05, 3.63) is 40.1 Å². The molecule has 1 aromatic rings. The smallest absolute Gasteiger partial charge is 0.130 e. The van der Waals surface area contributed by atoms with Gasteiger partial charge in [-0.15, -0.1) is 0 Å². The Balaban J connectivity index is 2.58. The summed E-state index contributed by atoms with van der Waals surface area (Å²) in [5.74, 6) is -0.163. The quantitative estimate of drug-likeness (QED) is 0.769. The van der Waals surface area contributed by atoms with Gasteiger partial charge in [0.2, 0.25) is 0 Å². The molecule has 17 heavy (non-hydrogen) atoms. The van der Waals surface area contributed by atoms with Crippen LogP contribution in [0.3, 0.4) is 0 Å². The molecule has 0 saturated carbocycles. The van der Waals surface area contributed by atoms with Gasteiger partial charge in [-0.05, 0) is 56.6 Å². The predicted molar refractivity (Wildman–Crippen MR) is 75.5 cm³/mol. The van der Waals surface area contributed by atoms with Gasteiger partial charge in [0.05, 0.1) is 0 Å². The first-order valence-corrected chi connectivity index (χ1v) is 6.77. The van der Waals surface area contributed by atoms with E-state index in [1.807, 2.05) is 13.0 Å². The molecule has 1 nitrogen and oxygen atoms in total. The lowest BCUT2D eigenvalue weighted by molar-refractivity contribution is 0.623. The first kappa shape index (κ1) is 14.4. The third-order valence-electron chi connectivity index (χ3n) is 2.55. The zero-order valence-corrected chi connectivity index (χ0v) is 12.0. The minimum Gasteiger partial charge on any atom is -0.316 e. The highest BCUT2D eigenvalue weighted by atomic mass is 79.9. The normalized spacial score (nSPS) is 11.9. The van der Waals surface area contributed by atoms with Gasteiger partial charge < -0.3 is 5.32 Å². The van der Waals surface area contributed by atoms with E-state index in [9.17, 15) is 4.39 Å². The summed E-state index contributed by atoms with van der Waals surface area (Å²) in [5.41, 5.74) is 1.66. The molecule has 1 N–H and O–H groups in total. The van der Waals surface area contributed by atoms with Crippen LogP contribution >= 0.6 is 15.9 Å². The molecule has 1 rings (SSSR count). The maximum absolute atomic E-state index is 13.6. The van der Waals surface area contributed by atoms with E-state index in [0.717, 1.165) is 36.0 Å². The zero-order chi connectivity index (χ0) is 12.7. The van der Waals surface area contributed by atoms with Gasteiger partial charge in [0.25, 0.3) is 0 Å². The van der Waals surface area contributed by atoms with Crippen molar-refractivity contribution in [2.45, 2.75) is 26.7 Å². The number of benzene rings is 1. The fourth-order valence-electron chi connectivity index (χ4n) is 1.60. The van der Waals surface area contributed by atoms with Crippen LogP contribution in [0.25, 0.3) is 5.57 Å². The van der Waals surface area contributed by atoms with Crippen LogP contribution in [0.4, 0.5) is 4.39 Å². The van der Waals surface area contributed by atoms with E-state index in [4.69, 9.17) is 0 Å². The lowest BCUT2D eigenvalue weighted by atomic mass is 10.1. The number of hydrogen-bond donors (Lipinski definition) is 1. The van der Waals surface area contributed by atoms with E-state index in [-0.39, 0.29) is 5.82 Å². The Labute approximate surface area is 111 Å². The Kier molecular flexibility index (Phi) is 6.45. The van der Waals surface area contributed by atoms with E-state index >= 15 is 0 Å². The van der Waals surface area contributed by atoms with Gasteiger partial charge in [-0.2, -0.15) is 0 Å². The summed E-state index contributed by atoms with van der Waals surface area (Å²) in [6, 6.07) is 5.03. The van der Waals surface area contributed by atoms with Crippen LogP contribution in [-0.2, 0) is 0 Å². The lowest BCUT2D eigenvalue weighted by Crippen LogP contribution is -2.15. The van der Waals surface area contributed by atoms with Crippen molar-refractivity contribution >= 4 is 21.5 Å². The van der Waals surface area contributed by atoms with Crippen molar-refractivity contribution in [2.24, 2.45) is 0 Å². The van der Waals surface area contributed by atoms with Gasteiger partial charge in [-0.1, -0.05) is 28.9 Å². The molecular weight excluding hydrogens is 281 g/mol. The van der Waals surface area contributed by atoms with Crippen LogP contribution in [0, 0.1) is 5.82 Å². The SMILES string of the molecule is CCCNCCC=C(C)c1cc(Br)ccc1F. The van der Waals surface area contributed by atoms with E-state index in [0.29, 0.717) is 5.56 Å². The summed E-state index contributed by atoms with van der Waals surface area (Å²) < 4.78 is 14.5. The highest BCUT2D eigenvalue weighted by Crippen LogP contribution is 2.22. The lowest BCUT2D eigenvalue weighted by Gasteiger charge is -2.05. The van der Waals surface area contributed by atoms with Crippen molar-refractivity contribution in [3.63, 3.8) is 0 Å². The fraction of sp³-hybridized carbons (Fsp3) is 0.429.